The van der Waals surface area contributed by atoms with Crippen LogP contribution in [0, 0.1) is 11.8 Å². The molecule has 1 aliphatic carbocycles. The Morgan fingerprint density at radius 1 is 1.02 bits per heavy atom. The molecule has 2 heterocycles. The van der Waals surface area contributed by atoms with Crippen molar-refractivity contribution in [1.29, 1.82) is 0 Å². The number of phenolic OH excluding ortho intramolecular Hbond substituents is 1. The molecular weight excluding hydrogens is 568 g/mol. The first-order valence-electron chi connectivity index (χ1n) is 15.3. The molecule has 0 spiro atoms. The Kier molecular flexibility index (Phi) is 12.3. The number of hydrogen-bond donors (Lipinski definition) is 5. The van der Waals surface area contributed by atoms with Crippen molar-refractivity contribution in [3.63, 3.8) is 0 Å². The van der Waals surface area contributed by atoms with Crippen LogP contribution in [-0.4, -0.2) is 83.4 Å². The second-order valence-electron chi connectivity index (χ2n) is 11.1. The number of nitrogens with two attached hydrogens (primary N) is 1. The molecule has 242 valence electrons. The Balaban J connectivity index is 1.51. The minimum atomic E-state index is -0.683. The number of esters is 1. The average Bonchev–Trinajstić information content (AvgIpc) is 3.62. The van der Waals surface area contributed by atoms with Crippen molar-refractivity contribution < 1.29 is 38.4 Å². The highest BCUT2D eigenvalue weighted by Crippen LogP contribution is 2.47. The highest BCUT2D eigenvalue weighted by atomic mass is 16.7. The van der Waals surface area contributed by atoms with Crippen LogP contribution in [0.2, 0.25) is 0 Å². The number of cyclic esters (lactones) is 1. The second-order valence-corrected chi connectivity index (χ2v) is 11.1. The van der Waals surface area contributed by atoms with Crippen molar-refractivity contribution in [3.8, 4) is 17.2 Å². The van der Waals surface area contributed by atoms with Gasteiger partial charge in [-0.15, -0.1) is 0 Å². The zero-order valence-corrected chi connectivity index (χ0v) is 25.7. The predicted octanol–water partition coefficient (Wildman–Crippen LogP) is 2.20. The number of carbonyl (C=O) groups is 2. The van der Waals surface area contributed by atoms with Gasteiger partial charge in [0, 0.05) is 30.8 Å². The van der Waals surface area contributed by atoms with Gasteiger partial charge in [-0.3, -0.25) is 9.59 Å². The molecule has 2 fully saturated rings. The van der Waals surface area contributed by atoms with Crippen LogP contribution in [0.15, 0.2) is 48.0 Å². The van der Waals surface area contributed by atoms with E-state index < -0.39 is 23.8 Å². The summed E-state index contributed by atoms with van der Waals surface area (Å²) in [6, 6.07) is 2.91. The Bertz CT molecular complexity index is 1210. The van der Waals surface area contributed by atoms with Crippen LogP contribution in [0.5, 0.6) is 17.2 Å². The van der Waals surface area contributed by atoms with Crippen molar-refractivity contribution in [3.05, 3.63) is 53.5 Å². The maximum atomic E-state index is 13.4. The fourth-order valence-electron chi connectivity index (χ4n) is 5.91. The maximum Gasteiger partial charge on any atom is 0.310 e. The van der Waals surface area contributed by atoms with E-state index in [2.05, 4.69) is 22.5 Å². The van der Waals surface area contributed by atoms with E-state index in [0.29, 0.717) is 48.6 Å². The molecule has 2 saturated heterocycles. The Morgan fingerprint density at radius 3 is 2.36 bits per heavy atom. The van der Waals surface area contributed by atoms with Crippen LogP contribution in [-0.2, 0) is 23.8 Å². The largest absolute Gasteiger partial charge is 0.502 e. The molecule has 0 saturated carbocycles. The molecule has 1 unspecified atom stereocenters. The van der Waals surface area contributed by atoms with Gasteiger partial charge in [0.05, 0.1) is 26.7 Å². The van der Waals surface area contributed by atoms with Crippen molar-refractivity contribution in [1.82, 2.24) is 16.0 Å². The molecule has 3 aliphatic rings. The quantitative estimate of drug-likeness (QED) is 0.145. The number of allylic oxidation sites excluding steroid dienone is 2. The van der Waals surface area contributed by atoms with Gasteiger partial charge < -0.3 is 50.5 Å². The standard InChI is InChI=1S/C32H46N4O8/c1-20-15-25-24(43-19-44-25)8-7-23(36-28(37)9-14-35-12-5-4-11-34-13-6-10-33)22-18-42-32(39)30(22)29(20)21-16-26(40-2)31(38)27(17-21)41-3/h8,15-17,22-23,29-30,34-35,38H,1,4-7,9-14,18-19,33H2,2-3H3,(H,36,37)/b24-8+,25-15+/t22-,23-,29?,30+/m1/s1. The summed E-state index contributed by atoms with van der Waals surface area (Å²) in [4.78, 5) is 26.6. The number of benzene rings is 1. The van der Waals surface area contributed by atoms with Crippen molar-refractivity contribution in [2.24, 2.45) is 17.6 Å². The summed E-state index contributed by atoms with van der Waals surface area (Å²) in [6.45, 7) is 8.45. The van der Waals surface area contributed by atoms with E-state index in [1.807, 2.05) is 6.08 Å². The van der Waals surface area contributed by atoms with Crippen LogP contribution in [0.3, 0.4) is 0 Å². The highest BCUT2D eigenvalue weighted by molar-refractivity contribution is 5.79. The van der Waals surface area contributed by atoms with Gasteiger partial charge in [0.2, 0.25) is 18.4 Å². The van der Waals surface area contributed by atoms with E-state index in [9.17, 15) is 14.7 Å². The summed E-state index contributed by atoms with van der Waals surface area (Å²) < 4.78 is 27.9. The molecular formula is C32H46N4O8. The maximum absolute atomic E-state index is 13.4. The molecule has 1 aromatic carbocycles. The van der Waals surface area contributed by atoms with Crippen LogP contribution < -0.4 is 31.2 Å². The minimum Gasteiger partial charge on any atom is -0.502 e. The van der Waals surface area contributed by atoms with E-state index in [0.717, 1.165) is 38.9 Å². The normalized spacial score (nSPS) is 25.2. The van der Waals surface area contributed by atoms with Gasteiger partial charge in [0.1, 0.15) is 0 Å². The topological polar surface area (TPSA) is 163 Å². The minimum absolute atomic E-state index is 0.0534. The Hall–Kier alpha value is -3.74. The lowest BCUT2D eigenvalue weighted by Gasteiger charge is -2.32. The van der Waals surface area contributed by atoms with Gasteiger partial charge in [-0.1, -0.05) is 6.58 Å². The number of ether oxygens (including phenoxy) is 5. The van der Waals surface area contributed by atoms with Crippen LogP contribution in [0.1, 0.15) is 43.6 Å². The smallest absolute Gasteiger partial charge is 0.310 e. The van der Waals surface area contributed by atoms with Crippen LogP contribution in [0.25, 0.3) is 0 Å². The fraction of sp³-hybridized carbons (Fsp3) is 0.562. The molecule has 0 radical (unpaired) electrons. The Labute approximate surface area is 259 Å². The summed E-state index contributed by atoms with van der Waals surface area (Å²) >= 11 is 0. The summed E-state index contributed by atoms with van der Waals surface area (Å²) in [5.41, 5.74) is 6.72. The zero-order chi connectivity index (χ0) is 31.5. The van der Waals surface area contributed by atoms with Crippen molar-refractivity contribution >= 4 is 11.9 Å². The van der Waals surface area contributed by atoms with Crippen LogP contribution in [0.4, 0.5) is 0 Å². The lowest BCUT2D eigenvalue weighted by Crippen LogP contribution is -2.45. The van der Waals surface area contributed by atoms with E-state index in [4.69, 9.17) is 29.4 Å². The lowest BCUT2D eigenvalue weighted by atomic mass is 9.72. The zero-order valence-electron chi connectivity index (χ0n) is 25.7. The third-order valence-electron chi connectivity index (χ3n) is 8.22. The number of amides is 1. The highest BCUT2D eigenvalue weighted by Gasteiger charge is 2.48. The van der Waals surface area contributed by atoms with Gasteiger partial charge in [-0.05, 0) is 87.3 Å². The number of aromatic hydroxyl groups is 1. The van der Waals surface area contributed by atoms with E-state index >= 15 is 0 Å². The summed E-state index contributed by atoms with van der Waals surface area (Å²) in [5.74, 6) is -0.879. The monoisotopic (exact) mass is 614 g/mol. The number of unbranched alkanes of at least 4 members (excludes halogenated alkanes) is 1. The van der Waals surface area contributed by atoms with Gasteiger partial charge >= 0.3 is 5.97 Å². The van der Waals surface area contributed by atoms with Crippen molar-refractivity contribution in [2.45, 2.75) is 44.1 Å². The molecule has 0 bridgehead atoms. The van der Waals surface area contributed by atoms with E-state index in [1.165, 1.54) is 14.2 Å². The summed E-state index contributed by atoms with van der Waals surface area (Å²) in [5, 5.41) is 20.4. The molecule has 0 aromatic heterocycles. The van der Waals surface area contributed by atoms with Crippen LogP contribution >= 0.6 is 0 Å². The molecule has 1 aromatic rings. The first-order valence-corrected chi connectivity index (χ1v) is 15.3. The molecule has 2 aliphatic heterocycles. The fourth-order valence-corrected chi connectivity index (χ4v) is 5.91. The SMILES string of the molecule is C=C1/C=C2/OCO/C2=C/C[C@@H](NC(=O)CCNCCCCNCCCN)[C@H]2COC(=O)[C@@H]2C1c1cc(OC)c(O)c(OC)c1. The van der Waals surface area contributed by atoms with Gasteiger partial charge in [-0.25, -0.2) is 0 Å². The number of fused-ring (bicyclic) bond motifs is 2. The number of phenols is 1. The number of rotatable bonds is 15. The average molecular weight is 615 g/mol. The van der Waals surface area contributed by atoms with Gasteiger partial charge in [-0.2, -0.15) is 0 Å². The summed E-state index contributed by atoms with van der Waals surface area (Å²) in [6.07, 6.45) is 7.37. The number of nitrogens with one attached hydrogen (secondary N) is 3. The Morgan fingerprint density at radius 2 is 1.68 bits per heavy atom. The van der Waals surface area contributed by atoms with Crippen molar-refractivity contribution in [2.75, 3.05) is 60.3 Å². The lowest BCUT2D eigenvalue weighted by molar-refractivity contribution is -0.141. The number of carbonyl (C=O) groups excluding carboxylic acids is 2. The first kappa shape index (κ1) is 33.2. The number of methoxy groups -OCH3 is 2. The third-order valence-corrected chi connectivity index (χ3v) is 8.22. The number of hydrogen-bond acceptors (Lipinski definition) is 11. The molecule has 12 heteroatoms. The molecule has 4 atom stereocenters. The molecule has 12 nitrogen and oxygen atoms in total. The van der Waals surface area contributed by atoms with E-state index in [1.54, 1.807) is 18.2 Å². The molecule has 4 rings (SSSR count). The predicted molar refractivity (Wildman–Crippen MR) is 164 cm³/mol. The van der Waals surface area contributed by atoms with E-state index in [-0.39, 0.29) is 42.5 Å². The molecule has 44 heavy (non-hydrogen) atoms. The van der Waals surface area contributed by atoms with Gasteiger partial charge in [0.25, 0.3) is 0 Å². The molecule has 6 N–H and O–H groups in total. The molecule has 1 amide bonds. The van der Waals surface area contributed by atoms with Gasteiger partial charge in [0.15, 0.2) is 23.0 Å². The first-order chi connectivity index (χ1) is 21.4. The second kappa shape index (κ2) is 16.4. The summed E-state index contributed by atoms with van der Waals surface area (Å²) in [7, 11) is 2.89. The third kappa shape index (κ3) is 8.25.